The predicted molar refractivity (Wildman–Crippen MR) is 74.9 cm³/mol. The third-order valence-corrected chi connectivity index (χ3v) is 5.84. The van der Waals surface area contributed by atoms with Gasteiger partial charge < -0.3 is 5.11 Å². The van der Waals surface area contributed by atoms with Crippen LogP contribution in [0.15, 0.2) is 29.2 Å². The van der Waals surface area contributed by atoms with Gasteiger partial charge in [0.15, 0.2) is 0 Å². The normalized spacial score (nSPS) is 23.4. The molecule has 2 atom stereocenters. The van der Waals surface area contributed by atoms with Gasteiger partial charge in [0.05, 0.1) is 22.4 Å². The van der Waals surface area contributed by atoms with Gasteiger partial charge >= 0.3 is 5.97 Å². The van der Waals surface area contributed by atoms with E-state index in [1.54, 1.807) is 6.92 Å². The van der Waals surface area contributed by atoms with Crippen LogP contribution < -0.4 is 0 Å². The first-order chi connectivity index (χ1) is 9.87. The number of carboxylic acid groups (broad SMARTS) is 1. The molecule has 112 valence electrons. The van der Waals surface area contributed by atoms with Crippen LogP contribution >= 0.6 is 0 Å². The molecule has 1 heterocycles. The van der Waals surface area contributed by atoms with E-state index in [1.807, 2.05) is 6.07 Å². The second-order valence-corrected chi connectivity index (χ2v) is 6.97. The number of nitriles is 1. The topological polar surface area (TPSA) is 98.5 Å². The van der Waals surface area contributed by atoms with Crippen LogP contribution in [0.3, 0.4) is 0 Å². The molecule has 1 aromatic carbocycles. The molecule has 21 heavy (non-hydrogen) atoms. The quantitative estimate of drug-likeness (QED) is 0.910. The minimum Gasteiger partial charge on any atom is -0.481 e. The number of nitrogens with zero attached hydrogens (tertiary/aromatic N) is 2. The second-order valence-electron chi connectivity index (χ2n) is 5.08. The first kappa shape index (κ1) is 15.5. The number of carbonyl (C=O) groups is 1. The summed E-state index contributed by atoms with van der Waals surface area (Å²) in [5, 5.41) is 17.9. The molecule has 0 aliphatic carbocycles. The summed E-state index contributed by atoms with van der Waals surface area (Å²) in [4.78, 5) is 11.3. The summed E-state index contributed by atoms with van der Waals surface area (Å²) in [5.74, 6) is -1.66. The van der Waals surface area contributed by atoms with Gasteiger partial charge in [0.25, 0.3) is 0 Å². The molecule has 0 spiro atoms. The number of rotatable bonds is 3. The fourth-order valence-corrected chi connectivity index (χ4v) is 4.32. The van der Waals surface area contributed by atoms with Gasteiger partial charge in [-0.3, -0.25) is 4.79 Å². The Morgan fingerprint density at radius 2 is 2.00 bits per heavy atom. The van der Waals surface area contributed by atoms with Crippen LogP contribution in [-0.2, 0) is 14.8 Å². The molecule has 2 rings (SSSR count). The van der Waals surface area contributed by atoms with Gasteiger partial charge in [0.2, 0.25) is 10.0 Å². The number of carboxylic acids is 1. The van der Waals surface area contributed by atoms with E-state index in [4.69, 9.17) is 5.26 Å². The van der Waals surface area contributed by atoms with Gasteiger partial charge in [-0.1, -0.05) is 0 Å². The highest BCUT2D eigenvalue weighted by molar-refractivity contribution is 7.89. The van der Waals surface area contributed by atoms with Crippen LogP contribution in [0.5, 0.6) is 0 Å². The molecule has 0 aromatic heterocycles. The van der Waals surface area contributed by atoms with E-state index in [9.17, 15) is 18.3 Å². The highest BCUT2D eigenvalue weighted by atomic mass is 32.2. The molecular formula is C14H16N2O4S. The largest absolute Gasteiger partial charge is 0.481 e. The third-order valence-electron chi connectivity index (χ3n) is 3.84. The highest BCUT2D eigenvalue weighted by Crippen LogP contribution is 2.29. The Morgan fingerprint density at radius 3 is 2.52 bits per heavy atom. The van der Waals surface area contributed by atoms with E-state index < -0.39 is 28.0 Å². The zero-order chi connectivity index (χ0) is 15.6. The summed E-state index contributed by atoms with van der Waals surface area (Å²) < 4.78 is 26.5. The standard InChI is InChI=1S/C14H16N2O4S/c1-10-13(14(17)18)3-2-8-16(10)21(19,20)12-6-4-11(9-15)5-7-12/h4-7,10,13H,2-3,8H2,1H3,(H,17,18)/t10-,13-/m1/s1. The van der Waals surface area contributed by atoms with Crippen molar-refractivity contribution in [1.29, 1.82) is 5.26 Å². The van der Waals surface area contributed by atoms with Crippen molar-refractivity contribution in [1.82, 2.24) is 4.31 Å². The minimum atomic E-state index is -3.74. The van der Waals surface area contributed by atoms with Crippen molar-refractivity contribution in [2.75, 3.05) is 6.54 Å². The van der Waals surface area contributed by atoms with Gasteiger partial charge in [0.1, 0.15) is 0 Å². The lowest BCUT2D eigenvalue weighted by molar-refractivity contribution is -0.144. The molecule has 1 fully saturated rings. The minimum absolute atomic E-state index is 0.0828. The van der Waals surface area contributed by atoms with Crippen molar-refractivity contribution >= 4 is 16.0 Å². The van der Waals surface area contributed by atoms with Crippen LogP contribution in [0.2, 0.25) is 0 Å². The van der Waals surface area contributed by atoms with Crippen LogP contribution in [0.1, 0.15) is 25.3 Å². The molecule has 1 aliphatic heterocycles. The Kier molecular flexibility index (Phi) is 4.30. The number of aliphatic carboxylic acids is 1. The fourth-order valence-electron chi connectivity index (χ4n) is 2.62. The zero-order valence-corrected chi connectivity index (χ0v) is 12.4. The Balaban J connectivity index is 2.34. The zero-order valence-electron chi connectivity index (χ0n) is 11.6. The Hall–Kier alpha value is -1.91. The molecule has 0 radical (unpaired) electrons. The highest BCUT2D eigenvalue weighted by Gasteiger charge is 2.39. The first-order valence-electron chi connectivity index (χ1n) is 6.62. The summed E-state index contributed by atoms with van der Waals surface area (Å²) >= 11 is 0. The lowest BCUT2D eigenvalue weighted by atomic mass is 9.92. The van der Waals surface area contributed by atoms with Crippen molar-refractivity contribution < 1.29 is 18.3 Å². The van der Waals surface area contributed by atoms with Gasteiger partial charge in [-0.15, -0.1) is 0 Å². The van der Waals surface area contributed by atoms with Crippen LogP contribution in [0.25, 0.3) is 0 Å². The maximum Gasteiger partial charge on any atom is 0.308 e. The molecule has 0 bridgehead atoms. The Morgan fingerprint density at radius 1 is 1.38 bits per heavy atom. The number of piperidine rings is 1. The van der Waals surface area contributed by atoms with Crippen molar-refractivity contribution in [3.63, 3.8) is 0 Å². The van der Waals surface area contributed by atoms with Crippen molar-refractivity contribution in [3.8, 4) is 6.07 Å². The summed E-state index contributed by atoms with van der Waals surface area (Å²) in [6, 6.07) is 6.98. The smallest absolute Gasteiger partial charge is 0.308 e. The van der Waals surface area contributed by atoms with Gasteiger partial charge in [-0.2, -0.15) is 9.57 Å². The van der Waals surface area contributed by atoms with Crippen molar-refractivity contribution in [2.24, 2.45) is 5.92 Å². The van der Waals surface area contributed by atoms with E-state index in [2.05, 4.69) is 0 Å². The average molecular weight is 308 g/mol. The monoisotopic (exact) mass is 308 g/mol. The van der Waals surface area contributed by atoms with E-state index in [1.165, 1.54) is 28.6 Å². The maximum absolute atomic E-state index is 12.6. The third kappa shape index (κ3) is 2.91. The molecule has 7 heteroatoms. The number of benzene rings is 1. The van der Waals surface area contributed by atoms with E-state index in [-0.39, 0.29) is 4.90 Å². The summed E-state index contributed by atoms with van der Waals surface area (Å²) in [6.07, 6.45) is 1.01. The van der Waals surface area contributed by atoms with Gasteiger partial charge in [-0.25, -0.2) is 8.42 Å². The van der Waals surface area contributed by atoms with Gasteiger partial charge in [-0.05, 0) is 44.0 Å². The summed E-state index contributed by atoms with van der Waals surface area (Å²) in [5.41, 5.74) is 0.379. The molecular weight excluding hydrogens is 292 g/mol. The second kappa shape index (κ2) is 5.84. The molecule has 1 saturated heterocycles. The Bertz CT molecular complexity index is 676. The molecule has 0 amide bonds. The molecule has 0 saturated carbocycles. The summed E-state index contributed by atoms with van der Waals surface area (Å²) in [7, 11) is -3.74. The summed E-state index contributed by atoms with van der Waals surface area (Å²) in [6.45, 7) is 1.94. The molecule has 1 N–H and O–H groups in total. The lowest BCUT2D eigenvalue weighted by Gasteiger charge is -2.36. The van der Waals surface area contributed by atoms with Crippen LogP contribution in [-0.4, -0.2) is 36.4 Å². The lowest BCUT2D eigenvalue weighted by Crippen LogP contribution is -2.48. The Labute approximate surface area is 123 Å². The van der Waals surface area contributed by atoms with E-state index in [0.717, 1.165) is 0 Å². The molecule has 1 aromatic rings. The van der Waals surface area contributed by atoms with Crippen molar-refractivity contribution in [2.45, 2.75) is 30.7 Å². The molecule has 0 unspecified atom stereocenters. The number of hydrogen-bond donors (Lipinski definition) is 1. The average Bonchev–Trinajstić information content (AvgIpc) is 2.47. The van der Waals surface area contributed by atoms with Gasteiger partial charge in [0, 0.05) is 12.6 Å². The van der Waals surface area contributed by atoms with Crippen LogP contribution in [0, 0.1) is 17.2 Å². The number of hydrogen-bond acceptors (Lipinski definition) is 4. The molecule has 6 nitrogen and oxygen atoms in total. The fraction of sp³-hybridized carbons (Fsp3) is 0.429. The van der Waals surface area contributed by atoms with E-state index in [0.29, 0.717) is 24.9 Å². The molecule has 1 aliphatic rings. The number of sulfonamides is 1. The van der Waals surface area contributed by atoms with Crippen molar-refractivity contribution in [3.05, 3.63) is 29.8 Å². The maximum atomic E-state index is 12.6. The van der Waals surface area contributed by atoms with Crippen LogP contribution in [0.4, 0.5) is 0 Å². The van der Waals surface area contributed by atoms with E-state index >= 15 is 0 Å². The predicted octanol–water partition coefficient (Wildman–Crippen LogP) is 1.43. The first-order valence-corrected chi connectivity index (χ1v) is 8.06. The SMILES string of the molecule is C[C@@H]1[C@H](C(=O)O)CCCN1S(=O)(=O)c1ccc(C#N)cc1.